The molecule has 0 aliphatic rings. The lowest BCUT2D eigenvalue weighted by Gasteiger charge is -2.14. The molecule has 3 heteroatoms. The van der Waals surface area contributed by atoms with E-state index in [-0.39, 0.29) is 0 Å². The molecular weight excluding hydrogens is 250 g/mol. The number of hydrogen-bond acceptors (Lipinski definition) is 3. The zero-order valence-corrected chi connectivity index (χ0v) is 12.3. The smallest absolute Gasteiger partial charge is 0.137 e. The van der Waals surface area contributed by atoms with Crippen LogP contribution in [0, 0.1) is 13.8 Å². The molecule has 1 atom stereocenters. The van der Waals surface area contributed by atoms with Crippen LogP contribution in [0.1, 0.15) is 41.7 Å². The van der Waals surface area contributed by atoms with Crippen LogP contribution >= 0.6 is 0 Å². The van der Waals surface area contributed by atoms with Gasteiger partial charge in [-0.15, -0.1) is 0 Å². The van der Waals surface area contributed by atoms with Gasteiger partial charge in [0.1, 0.15) is 11.9 Å². The fourth-order valence-electron chi connectivity index (χ4n) is 2.24. The van der Waals surface area contributed by atoms with Crippen molar-refractivity contribution in [1.29, 1.82) is 0 Å². The quantitative estimate of drug-likeness (QED) is 0.904. The maximum absolute atomic E-state index is 10.5. The lowest BCUT2D eigenvalue weighted by molar-refractivity contribution is 0.218. The third kappa shape index (κ3) is 3.58. The van der Waals surface area contributed by atoms with E-state index in [0.717, 1.165) is 28.7 Å². The van der Waals surface area contributed by atoms with Crippen LogP contribution in [-0.2, 0) is 0 Å². The molecule has 0 bridgehead atoms. The summed E-state index contributed by atoms with van der Waals surface area (Å²) in [5.41, 5.74) is 3.93. The number of aliphatic hydroxyl groups excluding tert-OH is 1. The van der Waals surface area contributed by atoms with E-state index in [1.54, 1.807) is 12.4 Å². The fourth-order valence-corrected chi connectivity index (χ4v) is 2.24. The summed E-state index contributed by atoms with van der Waals surface area (Å²) in [6.07, 6.45) is 3.63. The average molecular weight is 271 g/mol. The zero-order chi connectivity index (χ0) is 14.5. The van der Waals surface area contributed by atoms with Gasteiger partial charge < -0.3 is 9.84 Å². The number of aliphatic hydroxyl groups is 1. The second-order valence-electron chi connectivity index (χ2n) is 5.13. The van der Waals surface area contributed by atoms with Crippen molar-refractivity contribution in [3.8, 4) is 5.75 Å². The maximum atomic E-state index is 10.5. The van der Waals surface area contributed by atoms with Crippen molar-refractivity contribution in [2.45, 2.75) is 33.3 Å². The van der Waals surface area contributed by atoms with Crippen LogP contribution < -0.4 is 4.74 Å². The van der Waals surface area contributed by atoms with E-state index >= 15 is 0 Å². The highest BCUT2D eigenvalue weighted by Gasteiger charge is 2.12. The van der Waals surface area contributed by atoms with E-state index in [2.05, 4.69) is 18.0 Å². The molecule has 2 aromatic rings. The van der Waals surface area contributed by atoms with Crippen molar-refractivity contribution in [3.05, 3.63) is 58.9 Å². The number of nitrogens with zero attached hydrogens (tertiary/aromatic N) is 1. The van der Waals surface area contributed by atoms with Crippen LogP contribution in [0.3, 0.4) is 0 Å². The minimum Gasteiger partial charge on any atom is -0.492 e. The number of aryl methyl sites for hydroxylation is 2. The van der Waals surface area contributed by atoms with E-state index in [0.29, 0.717) is 12.4 Å². The SMILES string of the molecule is CCCOc1cncc(C(O)c2cc(C)cc(C)c2)c1. The van der Waals surface area contributed by atoms with Crippen molar-refractivity contribution < 1.29 is 9.84 Å². The molecule has 1 aromatic heterocycles. The average Bonchev–Trinajstić information content (AvgIpc) is 2.43. The lowest BCUT2D eigenvalue weighted by atomic mass is 9.99. The first-order valence-corrected chi connectivity index (χ1v) is 6.94. The Kier molecular flexibility index (Phi) is 4.74. The van der Waals surface area contributed by atoms with E-state index in [4.69, 9.17) is 4.74 Å². The first kappa shape index (κ1) is 14.5. The van der Waals surface area contributed by atoms with Crippen molar-refractivity contribution >= 4 is 0 Å². The van der Waals surface area contributed by atoms with Crippen LogP contribution in [0.4, 0.5) is 0 Å². The predicted octanol–water partition coefficient (Wildman–Crippen LogP) is 3.57. The topological polar surface area (TPSA) is 42.4 Å². The van der Waals surface area contributed by atoms with Gasteiger partial charge in [0.2, 0.25) is 0 Å². The van der Waals surface area contributed by atoms with Crippen LogP contribution in [-0.4, -0.2) is 16.7 Å². The van der Waals surface area contributed by atoms with Crippen molar-refractivity contribution in [1.82, 2.24) is 4.98 Å². The molecule has 0 fully saturated rings. The second kappa shape index (κ2) is 6.53. The molecule has 0 radical (unpaired) electrons. The summed E-state index contributed by atoms with van der Waals surface area (Å²) in [5.74, 6) is 0.702. The summed E-state index contributed by atoms with van der Waals surface area (Å²) >= 11 is 0. The molecule has 1 heterocycles. The predicted molar refractivity (Wildman–Crippen MR) is 80.0 cm³/mol. The molecule has 2 rings (SSSR count). The largest absolute Gasteiger partial charge is 0.492 e. The summed E-state index contributed by atoms with van der Waals surface area (Å²) < 4.78 is 5.56. The Morgan fingerprint density at radius 2 is 1.75 bits per heavy atom. The lowest BCUT2D eigenvalue weighted by Crippen LogP contribution is -2.03. The molecule has 0 aliphatic carbocycles. The van der Waals surface area contributed by atoms with Gasteiger partial charge in [-0.25, -0.2) is 0 Å². The second-order valence-corrected chi connectivity index (χ2v) is 5.13. The molecular formula is C17H21NO2. The molecule has 0 amide bonds. The molecule has 1 unspecified atom stereocenters. The monoisotopic (exact) mass is 271 g/mol. The minimum atomic E-state index is -0.675. The van der Waals surface area contributed by atoms with E-state index in [9.17, 15) is 5.11 Å². The minimum absolute atomic E-state index is 0.658. The summed E-state index contributed by atoms with van der Waals surface area (Å²) in [4.78, 5) is 4.14. The normalized spacial score (nSPS) is 12.2. The van der Waals surface area contributed by atoms with Gasteiger partial charge in [-0.1, -0.05) is 36.2 Å². The first-order chi connectivity index (χ1) is 9.60. The van der Waals surface area contributed by atoms with Gasteiger partial charge in [0, 0.05) is 11.8 Å². The van der Waals surface area contributed by atoms with Gasteiger partial charge in [0.25, 0.3) is 0 Å². The number of aromatic nitrogens is 1. The molecule has 0 spiro atoms. The molecule has 1 aromatic carbocycles. The highest BCUT2D eigenvalue weighted by Crippen LogP contribution is 2.25. The van der Waals surface area contributed by atoms with Crippen molar-refractivity contribution in [2.24, 2.45) is 0 Å². The molecule has 0 saturated heterocycles. The molecule has 106 valence electrons. The summed E-state index contributed by atoms with van der Waals surface area (Å²) in [6.45, 7) is 6.77. The standard InChI is InChI=1S/C17H21NO2/c1-4-5-20-16-9-15(10-18-11-16)17(19)14-7-12(2)6-13(3)8-14/h6-11,17,19H,4-5H2,1-3H3. The highest BCUT2D eigenvalue weighted by atomic mass is 16.5. The van der Waals surface area contributed by atoms with Gasteiger partial charge in [-0.05, 0) is 31.9 Å². The summed E-state index contributed by atoms with van der Waals surface area (Å²) in [5, 5.41) is 10.5. The number of pyridine rings is 1. The Morgan fingerprint density at radius 3 is 2.40 bits per heavy atom. The van der Waals surface area contributed by atoms with Crippen molar-refractivity contribution in [2.75, 3.05) is 6.61 Å². The number of ether oxygens (including phenoxy) is 1. The Morgan fingerprint density at radius 1 is 1.05 bits per heavy atom. The third-order valence-electron chi connectivity index (χ3n) is 3.08. The third-order valence-corrected chi connectivity index (χ3v) is 3.08. The summed E-state index contributed by atoms with van der Waals surface area (Å²) in [7, 11) is 0. The summed E-state index contributed by atoms with van der Waals surface area (Å²) in [6, 6.07) is 7.94. The fraction of sp³-hybridized carbons (Fsp3) is 0.353. The number of rotatable bonds is 5. The Balaban J connectivity index is 2.25. The van der Waals surface area contributed by atoms with Gasteiger partial charge >= 0.3 is 0 Å². The molecule has 0 saturated carbocycles. The maximum Gasteiger partial charge on any atom is 0.137 e. The Hall–Kier alpha value is -1.87. The Bertz CT molecular complexity index is 561. The molecule has 0 aliphatic heterocycles. The van der Waals surface area contributed by atoms with Crippen molar-refractivity contribution in [3.63, 3.8) is 0 Å². The van der Waals surface area contributed by atoms with E-state index in [1.165, 1.54) is 0 Å². The number of hydrogen-bond donors (Lipinski definition) is 1. The zero-order valence-electron chi connectivity index (χ0n) is 12.3. The van der Waals surface area contributed by atoms with Gasteiger partial charge in [0.05, 0.1) is 12.8 Å². The van der Waals surface area contributed by atoms with Gasteiger partial charge in [-0.3, -0.25) is 4.98 Å². The van der Waals surface area contributed by atoms with Crippen LogP contribution in [0.15, 0.2) is 36.7 Å². The van der Waals surface area contributed by atoms with E-state index < -0.39 is 6.10 Å². The molecule has 20 heavy (non-hydrogen) atoms. The first-order valence-electron chi connectivity index (χ1n) is 6.94. The van der Waals surface area contributed by atoms with Gasteiger partial charge in [-0.2, -0.15) is 0 Å². The van der Waals surface area contributed by atoms with Crippen LogP contribution in [0.2, 0.25) is 0 Å². The van der Waals surface area contributed by atoms with Gasteiger partial charge in [0.15, 0.2) is 0 Å². The number of benzene rings is 1. The Labute approximate surface area is 120 Å². The molecule has 3 nitrogen and oxygen atoms in total. The molecule has 1 N–H and O–H groups in total. The van der Waals surface area contributed by atoms with Crippen LogP contribution in [0.5, 0.6) is 5.75 Å². The van der Waals surface area contributed by atoms with Crippen LogP contribution in [0.25, 0.3) is 0 Å². The van der Waals surface area contributed by atoms with E-state index in [1.807, 2.05) is 32.0 Å². The highest BCUT2D eigenvalue weighted by molar-refractivity contribution is 5.36.